The van der Waals surface area contributed by atoms with Crippen LogP contribution in [0.25, 0.3) is 10.9 Å². The predicted molar refractivity (Wildman–Crippen MR) is 110 cm³/mol. The van der Waals surface area contributed by atoms with Crippen LogP contribution in [0.4, 0.5) is 0 Å². The molecule has 4 heteroatoms. The number of aromatic nitrogens is 1. The zero-order valence-corrected chi connectivity index (χ0v) is 17.3. The summed E-state index contributed by atoms with van der Waals surface area (Å²) >= 11 is 6.60. The second-order valence-corrected chi connectivity index (χ2v) is 10.2. The highest BCUT2D eigenvalue weighted by Gasteiger charge is 2.53. The number of carbonyl (C=O) groups excluding carboxylic acids is 1. The first-order valence-electron chi connectivity index (χ1n) is 10.4. The normalized spacial score (nSPS) is 33.0. The Morgan fingerprint density at radius 1 is 1.30 bits per heavy atom. The number of benzene rings is 1. The van der Waals surface area contributed by atoms with Gasteiger partial charge in [0.05, 0.1) is 5.02 Å². The maximum Gasteiger partial charge on any atom is 0.223 e. The average Bonchev–Trinajstić information content (AvgIpc) is 3.01. The zero-order valence-electron chi connectivity index (χ0n) is 16.5. The number of nitrogens with zero attached hydrogens (tertiary/aromatic N) is 1. The van der Waals surface area contributed by atoms with E-state index in [-0.39, 0.29) is 5.92 Å². The molecule has 1 N–H and O–H groups in total. The molecule has 3 heterocycles. The number of amides is 1. The number of nitrogens with one attached hydrogen (secondary N) is 1. The smallest absolute Gasteiger partial charge is 0.223 e. The van der Waals surface area contributed by atoms with Gasteiger partial charge < -0.3 is 9.88 Å². The van der Waals surface area contributed by atoms with Gasteiger partial charge >= 0.3 is 0 Å². The summed E-state index contributed by atoms with van der Waals surface area (Å²) < 4.78 is 0. The van der Waals surface area contributed by atoms with Crippen LogP contribution in [0.5, 0.6) is 0 Å². The largest absolute Gasteiger partial charge is 0.361 e. The second kappa shape index (κ2) is 6.01. The van der Waals surface area contributed by atoms with Crippen molar-refractivity contribution in [1.29, 1.82) is 0 Å². The first kappa shape index (κ1) is 17.6. The lowest BCUT2D eigenvalue weighted by atomic mass is 9.56. The summed E-state index contributed by atoms with van der Waals surface area (Å²) in [5.74, 6) is 1.36. The Bertz CT molecular complexity index is 900. The molecule has 27 heavy (non-hydrogen) atoms. The van der Waals surface area contributed by atoms with Gasteiger partial charge in [-0.1, -0.05) is 31.5 Å². The van der Waals surface area contributed by atoms with Crippen molar-refractivity contribution < 1.29 is 4.79 Å². The van der Waals surface area contributed by atoms with E-state index in [1.165, 1.54) is 37.7 Å². The fourth-order valence-corrected chi connectivity index (χ4v) is 6.86. The molecular formula is C23H29ClN2O. The lowest BCUT2D eigenvalue weighted by molar-refractivity contribution is -0.156. The molecule has 4 bridgehead atoms. The van der Waals surface area contributed by atoms with Gasteiger partial charge in [-0.15, -0.1) is 0 Å². The molecular weight excluding hydrogens is 356 g/mol. The zero-order chi connectivity index (χ0) is 18.9. The summed E-state index contributed by atoms with van der Waals surface area (Å²) in [7, 11) is 0. The Balaban J connectivity index is 1.38. The van der Waals surface area contributed by atoms with Crippen molar-refractivity contribution in [3.05, 3.63) is 34.5 Å². The maximum atomic E-state index is 13.3. The minimum atomic E-state index is 0.165. The summed E-state index contributed by atoms with van der Waals surface area (Å²) in [4.78, 5) is 18.9. The van der Waals surface area contributed by atoms with Gasteiger partial charge in [0.2, 0.25) is 5.91 Å². The third-order valence-corrected chi connectivity index (χ3v) is 8.03. The Labute approximate surface area is 166 Å². The van der Waals surface area contributed by atoms with Crippen molar-refractivity contribution in [2.45, 2.75) is 77.3 Å². The number of hydrogen-bond donors (Lipinski definition) is 1. The van der Waals surface area contributed by atoms with E-state index in [1.54, 1.807) is 0 Å². The van der Waals surface area contributed by atoms with E-state index >= 15 is 0 Å². The summed E-state index contributed by atoms with van der Waals surface area (Å²) in [5.41, 5.74) is 3.80. The highest BCUT2D eigenvalue weighted by Crippen LogP contribution is 2.56. The fourth-order valence-electron chi connectivity index (χ4n) is 6.59. The first-order chi connectivity index (χ1) is 12.8. The molecule has 144 valence electrons. The quantitative estimate of drug-likeness (QED) is 0.712. The molecule has 2 saturated carbocycles. The number of aromatic amines is 1. The summed E-state index contributed by atoms with van der Waals surface area (Å²) in [6.45, 7) is 6.64. The van der Waals surface area contributed by atoms with Gasteiger partial charge in [-0.25, -0.2) is 0 Å². The van der Waals surface area contributed by atoms with Gasteiger partial charge in [0.15, 0.2) is 0 Å². The lowest BCUT2D eigenvalue weighted by Crippen LogP contribution is -2.62. The minimum Gasteiger partial charge on any atom is -0.361 e. The predicted octanol–water partition coefficient (Wildman–Crippen LogP) is 5.80. The molecule has 3 nitrogen and oxygen atoms in total. The topological polar surface area (TPSA) is 36.1 Å². The van der Waals surface area contributed by atoms with Crippen molar-refractivity contribution in [3.8, 4) is 0 Å². The second-order valence-electron chi connectivity index (χ2n) is 9.84. The molecule has 4 aliphatic rings. The van der Waals surface area contributed by atoms with E-state index in [0.717, 1.165) is 27.4 Å². The Morgan fingerprint density at radius 3 is 2.67 bits per heavy atom. The van der Waals surface area contributed by atoms with E-state index in [1.807, 2.05) is 19.2 Å². The number of fused-ring (bicyclic) bond motifs is 1. The Morgan fingerprint density at radius 2 is 2.00 bits per heavy atom. The monoisotopic (exact) mass is 384 g/mol. The number of rotatable bonds is 3. The van der Waals surface area contributed by atoms with Gasteiger partial charge in [-0.2, -0.15) is 0 Å². The van der Waals surface area contributed by atoms with Crippen LogP contribution in [-0.2, 0) is 4.79 Å². The van der Waals surface area contributed by atoms with Crippen LogP contribution in [0.3, 0.4) is 0 Å². The molecule has 6 rings (SSSR count). The van der Waals surface area contributed by atoms with E-state index in [9.17, 15) is 4.79 Å². The fraction of sp³-hybridized carbons (Fsp3) is 0.609. The van der Waals surface area contributed by atoms with E-state index in [2.05, 4.69) is 29.8 Å². The molecule has 2 aromatic rings. The summed E-state index contributed by atoms with van der Waals surface area (Å²) in [6.07, 6.45) is 8.86. The van der Waals surface area contributed by atoms with Crippen LogP contribution >= 0.6 is 11.6 Å². The van der Waals surface area contributed by atoms with Gasteiger partial charge in [0.1, 0.15) is 0 Å². The molecule has 0 radical (unpaired) electrons. The maximum absolute atomic E-state index is 13.3. The summed E-state index contributed by atoms with van der Waals surface area (Å²) in [6, 6.07) is 5.09. The first-order valence-corrected chi connectivity index (χ1v) is 10.8. The van der Waals surface area contributed by atoms with E-state index in [0.29, 0.717) is 29.8 Å². The highest BCUT2D eigenvalue weighted by molar-refractivity contribution is 6.36. The molecule has 2 aliphatic heterocycles. The number of H-pyrrole nitrogens is 1. The number of carbonyl (C=O) groups is 1. The van der Waals surface area contributed by atoms with Gasteiger partial charge in [-0.05, 0) is 73.5 Å². The Hall–Kier alpha value is -1.48. The molecule has 4 fully saturated rings. The molecule has 2 saturated heterocycles. The molecule has 2 aliphatic carbocycles. The van der Waals surface area contributed by atoms with Gasteiger partial charge in [0, 0.05) is 35.6 Å². The Kier molecular flexibility index (Phi) is 3.92. The third kappa shape index (κ3) is 2.73. The van der Waals surface area contributed by atoms with Crippen LogP contribution in [0.2, 0.25) is 5.02 Å². The molecule has 1 aromatic carbocycles. The number of aryl methyl sites for hydroxylation is 1. The van der Waals surface area contributed by atoms with Gasteiger partial charge in [-0.3, -0.25) is 4.79 Å². The average molecular weight is 385 g/mol. The van der Waals surface area contributed by atoms with Gasteiger partial charge in [0.25, 0.3) is 0 Å². The van der Waals surface area contributed by atoms with Crippen molar-refractivity contribution in [3.63, 3.8) is 0 Å². The number of halogens is 1. The van der Waals surface area contributed by atoms with Crippen molar-refractivity contribution in [2.24, 2.45) is 11.3 Å². The molecule has 1 amide bonds. The third-order valence-electron chi connectivity index (χ3n) is 7.54. The summed E-state index contributed by atoms with van der Waals surface area (Å²) in [5, 5.41) is 1.90. The molecule has 3 unspecified atom stereocenters. The van der Waals surface area contributed by atoms with Crippen LogP contribution < -0.4 is 0 Å². The molecule has 3 atom stereocenters. The standard InChI is InChI=1S/C23H29ClN2O/c1-13-4-5-19-21(22(13)24)18(12-25-19)14(2)6-20(27)26-16-7-15-8-17(26)11-23(3,9-15)10-16/h4-5,12,14-17,25H,6-11H2,1-3H3. The molecule has 0 spiro atoms. The lowest BCUT2D eigenvalue weighted by Gasteiger charge is -2.61. The van der Waals surface area contributed by atoms with E-state index in [4.69, 9.17) is 11.6 Å². The highest BCUT2D eigenvalue weighted by atomic mass is 35.5. The SMILES string of the molecule is Cc1ccc2[nH]cc(C(C)CC(=O)N3C4CC5CC3CC(C)(C5)C4)c2c1Cl. The minimum absolute atomic E-state index is 0.165. The van der Waals surface area contributed by atoms with Crippen LogP contribution in [0, 0.1) is 18.3 Å². The van der Waals surface area contributed by atoms with Crippen LogP contribution in [0.15, 0.2) is 18.3 Å². The number of hydrogen-bond acceptors (Lipinski definition) is 1. The van der Waals surface area contributed by atoms with E-state index < -0.39 is 0 Å². The molecule has 1 aromatic heterocycles. The van der Waals surface area contributed by atoms with Crippen molar-refractivity contribution in [1.82, 2.24) is 9.88 Å². The van der Waals surface area contributed by atoms with Crippen molar-refractivity contribution in [2.75, 3.05) is 0 Å². The van der Waals surface area contributed by atoms with Crippen LogP contribution in [-0.4, -0.2) is 27.9 Å². The van der Waals surface area contributed by atoms with Crippen LogP contribution in [0.1, 0.15) is 69.4 Å². The number of piperidine rings is 2. The van der Waals surface area contributed by atoms with Crippen molar-refractivity contribution >= 4 is 28.4 Å².